The van der Waals surface area contributed by atoms with Gasteiger partial charge in [0.25, 0.3) is 0 Å². The summed E-state index contributed by atoms with van der Waals surface area (Å²) in [4.78, 5) is 0. The van der Waals surface area contributed by atoms with Crippen LogP contribution in [0, 0.1) is 0 Å². The van der Waals surface area contributed by atoms with Crippen LogP contribution in [0.25, 0.3) is 16.6 Å². The van der Waals surface area contributed by atoms with Gasteiger partial charge in [0.1, 0.15) is 0 Å². The second-order valence-electron chi connectivity index (χ2n) is 5.66. The fourth-order valence-electron chi connectivity index (χ4n) is 2.53. The maximum atomic E-state index is 12.7. The molecule has 1 heterocycles. The number of benzene rings is 2. The normalized spacial score (nSPS) is 12.3. The van der Waals surface area contributed by atoms with Crippen LogP contribution in [0.4, 0.5) is 13.2 Å². The quantitative estimate of drug-likeness (QED) is 0.536. The lowest BCUT2D eigenvalue weighted by atomic mass is 10.1. The first-order valence-corrected chi connectivity index (χ1v) is 7.92. The van der Waals surface area contributed by atoms with Gasteiger partial charge in [0.2, 0.25) is 0 Å². The molecule has 0 aliphatic carbocycles. The van der Waals surface area contributed by atoms with Crippen LogP contribution < -0.4 is 0 Å². The van der Waals surface area contributed by atoms with E-state index in [1.54, 1.807) is 4.68 Å². The molecule has 2 nitrogen and oxygen atoms in total. The van der Waals surface area contributed by atoms with Crippen molar-refractivity contribution in [1.82, 2.24) is 9.78 Å². The number of hydrogen-bond donors (Lipinski definition) is 0. The van der Waals surface area contributed by atoms with Gasteiger partial charge < -0.3 is 0 Å². The SMILES string of the molecule is CC(C)c1nn(-c2ccc(C(F)(F)F)cc2)c2ccc(Br)cc12. The highest BCUT2D eigenvalue weighted by molar-refractivity contribution is 9.10. The van der Waals surface area contributed by atoms with Crippen LogP contribution in [-0.4, -0.2) is 9.78 Å². The standard InChI is InChI=1S/C17H14BrF3N2/c1-10(2)16-14-9-12(18)5-8-15(14)23(22-16)13-6-3-11(4-7-13)17(19,20)21/h3-10H,1-2H3. The average molecular weight is 383 g/mol. The van der Waals surface area contributed by atoms with E-state index in [1.807, 2.05) is 32.0 Å². The summed E-state index contributed by atoms with van der Waals surface area (Å²) >= 11 is 3.45. The van der Waals surface area contributed by atoms with Crippen molar-refractivity contribution >= 4 is 26.8 Å². The third kappa shape index (κ3) is 3.00. The van der Waals surface area contributed by atoms with E-state index in [2.05, 4.69) is 21.0 Å². The number of alkyl halides is 3. The maximum Gasteiger partial charge on any atom is 0.416 e. The number of hydrogen-bond acceptors (Lipinski definition) is 1. The summed E-state index contributed by atoms with van der Waals surface area (Å²) in [6.45, 7) is 4.08. The van der Waals surface area contributed by atoms with E-state index in [0.29, 0.717) is 5.69 Å². The first-order valence-electron chi connectivity index (χ1n) is 7.13. The minimum Gasteiger partial charge on any atom is -0.233 e. The molecular formula is C17H14BrF3N2. The summed E-state index contributed by atoms with van der Waals surface area (Å²) in [5.41, 5.74) is 1.74. The smallest absolute Gasteiger partial charge is 0.233 e. The van der Waals surface area contributed by atoms with Crippen molar-refractivity contribution in [2.24, 2.45) is 0 Å². The van der Waals surface area contributed by atoms with Gasteiger partial charge in [-0.25, -0.2) is 4.68 Å². The lowest BCUT2D eigenvalue weighted by Crippen LogP contribution is -2.05. The topological polar surface area (TPSA) is 17.8 Å². The molecule has 0 spiro atoms. The van der Waals surface area contributed by atoms with Crippen LogP contribution in [0.1, 0.15) is 31.0 Å². The first-order chi connectivity index (χ1) is 10.8. The molecule has 0 fully saturated rings. The van der Waals surface area contributed by atoms with Crippen LogP contribution in [-0.2, 0) is 6.18 Å². The molecule has 0 saturated heterocycles. The molecule has 0 unspecified atom stereocenters. The Balaban J connectivity index is 2.16. The molecule has 1 aromatic heterocycles. The Bertz CT molecular complexity index is 849. The monoisotopic (exact) mass is 382 g/mol. The zero-order valence-corrected chi connectivity index (χ0v) is 14.1. The van der Waals surface area contributed by atoms with Gasteiger partial charge in [-0.2, -0.15) is 18.3 Å². The van der Waals surface area contributed by atoms with Gasteiger partial charge >= 0.3 is 6.18 Å². The summed E-state index contributed by atoms with van der Waals surface area (Å²) in [6.07, 6.45) is -4.33. The van der Waals surface area contributed by atoms with Gasteiger partial charge in [-0.15, -0.1) is 0 Å². The maximum absolute atomic E-state index is 12.7. The predicted octanol–water partition coefficient (Wildman–Crippen LogP) is 5.93. The molecule has 0 radical (unpaired) electrons. The van der Waals surface area contributed by atoms with Crippen molar-refractivity contribution in [3.8, 4) is 5.69 Å². The lowest BCUT2D eigenvalue weighted by Gasteiger charge is -2.08. The van der Waals surface area contributed by atoms with Crippen LogP contribution >= 0.6 is 15.9 Å². The van der Waals surface area contributed by atoms with Crippen molar-refractivity contribution in [3.05, 3.63) is 58.2 Å². The number of rotatable bonds is 2. The molecule has 3 aromatic rings. The van der Waals surface area contributed by atoms with Crippen molar-refractivity contribution < 1.29 is 13.2 Å². The lowest BCUT2D eigenvalue weighted by molar-refractivity contribution is -0.137. The van der Waals surface area contributed by atoms with Crippen molar-refractivity contribution in [3.63, 3.8) is 0 Å². The van der Waals surface area contributed by atoms with E-state index in [4.69, 9.17) is 0 Å². The van der Waals surface area contributed by atoms with Gasteiger partial charge in [0.05, 0.1) is 22.5 Å². The molecule has 23 heavy (non-hydrogen) atoms. The van der Waals surface area contributed by atoms with Crippen molar-refractivity contribution in [1.29, 1.82) is 0 Å². The Morgan fingerprint density at radius 3 is 2.26 bits per heavy atom. The fraction of sp³-hybridized carbons (Fsp3) is 0.235. The Hall–Kier alpha value is -1.82. The molecule has 0 atom stereocenters. The molecule has 0 aliphatic rings. The Morgan fingerprint density at radius 2 is 1.70 bits per heavy atom. The van der Waals surface area contributed by atoms with E-state index in [-0.39, 0.29) is 5.92 Å². The average Bonchev–Trinajstić information content (AvgIpc) is 2.85. The molecular weight excluding hydrogens is 369 g/mol. The Labute approximate surface area is 140 Å². The van der Waals surface area contributed by atoms with Gasteiger partial charge in [-0.3, -0.25) is 0 Å². The highest BCUT2D eigenvalue weighted by atomic mass is 79.9. The number of halogens is 4. The molecule has 3 rings (SSSR count). The third-order valence-corrected chi connectivity index (χ3v) is 4.15. The first kappa shape index (κ1) is 16.1. The minimum atomic E-state index is -4.33. The number of fused-ring (bicyclic) bond motifs is 1. The summed E-state index contributed by atoms with van der Waals surface area (Å²) in [6, 6.07) is 10.8. The van der Waals surface area contributed by atoms with Gasteiger partial charge in [0, 0.05) is 9.86 Å². The van der Waals surface area contributed by atoms with Crippen molar-refractivity contribution in [2.75, 3.05) is 0 Å². The molecule has 0 amide bonds. The Morgan fingerprint density at radius 1 is 1.04 bits per heavy atom. The van der Waals surface area contributed by atoms with E-state index in [1.165, 1.54) is 12.1 Å². The minimum absolute atomic E-state index is 0.211. The largest absolute Gasteiger partial charge is 0.416 e. The van der Waals surface area contributed by atoms with E-state index >= 15 is 0 Å². The highest BCUT2D eigenvalue weighted by Gasteiger charge is 2.30. The van der Waals surface area contributed by atoms with Gasteiger partial charge in [-0.05, 0) is 48.4 Å². The molecule has 120 valence electrons. The number of nitrogens with zero attached hydrogens (tertiary/aromatic N) is 2. The summed E-state index contributed by atoms with van der Waals surface area (Å²) < 4.78 is 40.7. The zero-order valence-electron chi connectivity index (χ0n) is 12.5. The summed E-state index contributed by atoms with van der Waals surface area (Å²) in [7, 11) is 0. The highest BCUT2D eigenvalue weighted by Crippen LogP contribution is 2.32. The van der Waals surface area contributed by atoms with Gasteiger partial charge in [0.15, 0.2) is 0 Å². The second kappa shape index (κ2) is 5.67. The number of aromatic nitrogens is 2. The molecule has 6 heteroatoms. The van der Waals surface area contributed by atoms with Crippen LogP contribution in [0.5, 0.6) is 0 Å². The van der Waals surface area contributed by atoms with Crippen LogP contribution in [0.2, 0.25) is 0 Å². The Kier molecular flexibility index (Phi) is 3.96. The third-order valence-electron chi connectivity index (χ3n) is 3.66. The van der Waals surface area contributed by atoms with Crippen LogP contribution in [0.3, 0.4) is 0 Å². The van der Waals surface area contributed by atoms with E-state index in [0.717, 1.165) is 33.2 Å². The van der Waals surface area contributed by atoms with Gasteiger partial charge in [-0.1, -0.05) is 29.8 Å². The molecule has 0 N–H and O–H groups in total. The molecule has 0 aliphatic heterocycles. The zero-order chi connectivity index (χ0) is 16.8. The van der Waals surface area contributed by atoms with Crippen molar-refractivity contribution in [2.45, 2.75) is 25.9 Å². The fourth-order valence-corrected chi connectivity index (χ4v) is 2.89. The van der Waals surface area contributed by atoms with E-state index < -0.39 is 11.7 Å². The summed E-state index contributed by atoms with van der Waals surface area (Å²) in [5, 5.41) is 5.60. The van der Waals surface area contributed by atoms with Crippen LogP contribution in [0.15, 0.2) is 46.9 Å². The molecule has 2 aromatic carbocycles. The molecule has 0 bridgehead atoms. The van der Waals surface area contributed by atoms with E-state index in [9.17, 15) is 13.2 Å². The second-order valence-corrected chi connectivity index (χ2v) is 6.57. The summed E-state index contributed by atoms with van der Waals surface area (Å²) in [5.74, 6) is 0.211. The predicted molar refractivity (Wildman–Crippen MR) is 87.9 cm³/mol. The molecule has 0 saturated carbocycles.